The van der Waals surface area contributed by atoms with E-state index in [1.807, 2.05) is 0 Å². The molecule has 2 saturated heterocycles. The monoisotopic (exact) mass is 324 g/mol. The van der Waals surface area contributed by atoms with E-state index in [1.54, 1.807) is 6.92 Å². The lowest BCUT2D eigenvalue weighted by atomic mass is 9.97. The number of hydrogen-bond donors (Lipinski definition) is 5. The van der Waals surface area contributed by atoms with Gasteiger partial charge in [-0.1, -0.05) is 0 Å². The minimum atomic E-state index is -1.52. The van der Waals surface area contributed by atoms with Crippen molar-refractivity contribution in [1.82, 2.24) is 0 Å². The van der Waals surface area contributed by atoms with Crippen molar-refractivity contribution in [2.75, 3.05) is 7.11 Å². The van der Waals surface area contributed by atoms with Crippen molar-refractivity contribution in [2.45, 2.75) is 75.3 Å². The van der Waals surface area contributed by atoms with Gasteiger partial charge < -0.3 is 44.5 Å². The Labute approximate surface area is 128 Å². The Morgan fingerprint density at radius 2 is 1.23 bits per heavy atom. The van der Waals surface area contributed by atoms with Crippen LogP contribution in [0.4, 0.5) is 0 Å². The Hall–Kier alpha value is -0.360. The molecule has 130 valence electrons. The molecule has 10 atom stereocenters. The topological polar surface area (TPSA) is 138 Å². The highest BCUT2D eigenvalue weighted by molar-refractivity contribution is 4.92. The Kier molecular flexibility index (Phi) is 5.75. The molecule has 0 aliphatic carbocycles. The normalized spacial score (nSPS) is 53.5. The maximum absolute atomic E-state index is 10.1. The van der Waals surface area contributed by atoms with Crippen LogP contribution in [0.25, 0.3) is 0 Å². The van der Waals surface area contributed by atoms with Gasteiger partial charge in [-0.25, -0.2) is 0 Å². The number of hydrogen-bond acceptors (Lipinski definition) is 9. The molecule has 5 N–H and O–H groups in total. The molecule has 2 aliphatic heterocycles. The summed E-state index contributed by atoms with van der Waals surface area (Å²) in [7, 11) is 1.34. The lowest BCUT2D eigenvalue weighted by Crippen LogP contribution is -2.63. The van der Waals surface area contributed by atoms with Gasteiger partial charge in [0.1, 0.15) is 36.6 Å². The molecule has 2 fully saturated rings. The molecule has 9 nitrogen and oxygen atoms in total. The van der Waals surface area contributed by atoms with E-state index in [0.717, 1.165) is 0 Å². The highest BCUT2D eigenvalue weighted by atomic mass is 16.7. The number of aliphatic hydroxyl groups excluding tert-OH is 5. The minimum Gasteiger partial charge on any atom is -0.388 e. The Morgan fingerprint density at radius 3 is 1.82 bits per heavy atom. The SMILES string of the molecule is CO[C@@H]1O[C@@H](C)[C@@H](O)[C@@H](O[C@@H]2O[C@@H](C)[C@H](O)[C@@H](O)[C@H]2O)[C@@H]1O. The third kappa shape index (κ3) is 3.28. The molecule has 22 heavy (non-hydrogen) atoms. The molecule has 2 rings (SSSR count). The number of rotatable bonds is 3. The second-order valence-corrected chi connectivity index (χ2v) is 5.71. The molecule has 0 amide bonds. The number of ether oxygens (including phenoxy) is 4. The van der Waals surface area contributed by atoms with Gasteiger partial charge in [-0.2, -0.15) is 0 Å². The first-order valence-electron chi connectivity index (χ1n) is 7.17. The molecule has 2 heterocycles. The smallest absolute Gasteiger partial charge is 0.187 e. The van der Waals surface area contributed by atoms with Gasteiger partial charge in [0.05, 0.1) is 12.2 Å². The minimum absolute atomic E-state index is 0.674. The van der Waals surface area contributed by atoms with Gasteiger partial charge in [0.2, 0.25) is 0 Å². The molecular weight excluding hydrogens is 300 g/mol. The maximum Gasteiger partial charge on any atom is 0.187 e. The molecule has 0 aromatic rings. The van der Waals surface area contributed by atoms with Crippen LogP contribution in [0.5, 0.6) is 0 Å². The Balaban J connectivity index is 2.10. The van der Waals surface area contributed by atoms with E-state index < -0.39 is 61.4 Å². The van der Waals surface area contributed by atoms with E-state index in [2.05, 4.69) is 0 Å². The van der Waals surface area contributed by atoms with E-state index in [0.29, 0.717) is 0 Å². The van der Waals surface area contributed by atoms with Crippen LogP contribution in [0.3, 0.4) is 0 Å². The van der Waals surface area contributed by atoms with Crippen LogP contribution in [0, 0.1) is 0 Å². The van der Waals surface area contributed by atoms with Crippen LogP contribution in [-0.4, -0.2) is 94.1 Å². The molecule has 2 aliphatic rings. The largest absolute Gasteiger partial charge is 0.388 e. The molecule has 9 heteroatoms. The summed E-state index contributed by atoms with van der Waals surface area (Å²) in [6.07, 6.45) is -11.7. The first-order chi connectivity index (χ1) is 10.3. The lowest BCUT2D eigenvalue weighted by molar-refractivity contribution is -0.351. The summed E-state index contributed by atoms with van der Waals surface area (Å²) < 4.78 is 21.0. The number of methoxy groups -OCH3 is 1. The second kappa shape index (κ2) is 7.04. The first kappa shape index (κ1) is 18.0. The van der Waals surface area contributed by atoms with E-state index in [-0.39, 0.29) is 0 Å². The zero-order chi connectivity index (χ0) is 16.6. The van der Waals surface area contributed by atoms with Crippen molar-refractivity contribution in [3.8, 4) is 0 Å². The predicted molar refractivity (Wildman–Crippen MR) is 70.6 cm³/mol. The average Bonchev–Trinajstić information content (AvgIpc) is 2.50. The maximum atomic E-state index is 10.1. The van der Waals surface area contributed by atoms with E-state index in [4.69, 9.17) is 18.9 Å². The van der Waals surface area contributed by atoms with Crippen LogP contribution in [0.1, 0.15) is 13.8 Å². The zero-order valence-electron chi connectivity index (χ0n) is 12.6. The summed E-state index contributed by atoms with van der Waals surface area (Å²) in [5.74, 6) is 0. The predicted octanol–water partition coefficient (Wildman–Crippen LogP) is -2.69. The fraction of sp³-hybridized carbons (Fsp3) is 1.00. The molecule has 0 saturated carbocycles. The van der Waals surface area contributed by atoms with Crippen LogP contribution < -0.4 is 0 Å². The standard InChI is InChI=1S/C13H24O9/c1-4-6(14)8(16)9(17)13(21-4)22-11-7(15)5(2)20-12(19-3)10(11)18/h4-18H,1-3H3/t4-,5-,6-,7+,8+,9+,10-,11+,12+,13-/m0/s1. The fourth-order valence-corrected chi connectivity index (χ4v) is 2.63. The van der Waals surface area contributed by atoms with Crippen molar-refractivity contribution >= 4 is 0 Å². The van der Waals surface area contributed by atoms with E-state index in [1.165, 1.54) is 14.0 Å². The quantitative estimate of drug-likeness (QED) is 0.376. The summed E-state index contributed by atoms with van der Waals surface area (Å²) in [6, 6.07) is 0. The molecule has 0 bridgehead atoms. The van der Waals surface area contributed by atoms with Crippen LogP contribution in [0.15, 0.2) is 0 Å². The van der Waals surface area contributed by atoms with Crippen molar-refractivity contribution in [3.63, 3.8) is 0 Å². The first-order valence-corrected chi connectivity index (χ1v) is 7.17. The lowest BCUT2D eigenvalue weighted by Gasteiger charge is -2.45. The van der Waals surface area contributed by atoms with Gasteiger partial charge in [0.15, 0.2) is 12.6 Å². The van der Waals surface area contributed by atoms with Crippen molar-refractivity contribution in [2.24, 2.45) is 0 Å². The fourth-order valence-electron chi connectivity index (χ4n) is 2.63. The van der Waals surface area contributed by atoms with Crippen LogP contribution >= 0.6 is 0 Å². The average molecular weight is 324 g/mol. The third-order valence-corrected chi connectivity index (χ3v) is 4.11. The Morgan fingerprint density at radius 1 is 0.682 bits per heavy atom. The van der Waals surface area contributed by atoms with E-state index in [9.17, 15) is 25.5 Å². The highest BCUT2D eigenvalue weighted by Gasteiger charge is 2.49. The van der Waals surface area contributed by atoms with Gasteiger partial charge in [0, 0.05) is 7.11 Å². The van der Waals surface area contributed by atoms with Gasteiger partial charge >= 0.3 is 0 Å². The molecule has 0 radical (unpaired) electrons. The second-order valence-electron chi connectivity index (χ2n) is 5.71. The molecule has 0 aromatic heterocycles. The molecule has 0 unspecified atom stereocenters. The number of aliphatic hydroxyl groups is 5. The van der Waals surface area contributed by atoms with Crippen molar-refractivity contribution < 1.29 is 44.5 Å². The third-order valence-electron chi connectivity index (χ3n) is 4.11. The summed E-state index contributed by atoms with van der Waals surface area (Å²) in [5, 5.41) is 49.6. The van der Waals surface area contributed by atoms with Gasteiger partial charge in [-0.05, 0) is 13.8 Å². The molecule has 0 spiro atoms. The summed E-state index contributed by atoms with van der Waals surface area (Å²) in [5.41, 5.74) is 0. The van der Waals surface area contributed by atoms with Gasteiger partial charge in [-0.15, -0.1) is 0 Å². The van der Waals surface area contributed by atoms with Gasteiger partial charge in [-0.3, -0.25) is 0 Å². The van der Waals surface area contributed by atoms with Gasteiger partial charge in [0.25, 0.3) is 0 Å². The van der Waals surface area contributed by atoms with E-state index >= 15 is 0 Å². The zero-order valence-corrected chi connectivity index (χ0v) is 12.6. The highest BCUT2D eigenvalue weighted by Crippen LogP contribution is 2.29. The summed E-state index contributed by atoms with van der Waals surface area (Å²) >= 11 is 0. The van der Waals surface area contributed by atoms with Crippen LogP contribution in [-0.2, 0) is 18.9 Å². The summed E-state index contributed by atoms with van der Waals surface area (Å²) in [6.45, 7) is 3.09. The van der Waals surface area contributed by atoms with Crippen LogP contribution in [0.2, 0.25) is 0 Å². The summed E-state index contributed by atoms with van der Waals surface area (Å²) in [4.78, 5) is 0. The Bertz CT molecular complexity index is 367. The van der Waals surface area contributed by atoms with Crippen molar-refractivity contribution in [1.29, 1.82) is 0 Å². The molecule has 0 aromatic carbocycles. The molecular formula is C13H24O9. The van der Waals surface area contributed by atoms with Crippen molar-refractivity contribution in [3.05, 3.63) is 0 Å².